The number of nitrogens with zero attached hydrogens (tertiary/aromatic N) is 2. The maximum absolute atomic E-state index is 12.8. The third-order valence-electron chi connectivity index (χ3n) is 5.91. The van der Waals surface area contributed by atoms with Crippen LogP contribution in [0.5, 0.6) is 17.2 Å². The normalized spacial score (nSPS) is 11.9. The molecule has 4 aromatic carbocycles. The molecule has 0 fully saturated rings. The van der Waals surface area contributed by atoms with E-state index in [1.807, 2.05) is 18.2 Å². The van der Waals surface area contributed by atoms with E-state index in [-0.39, 0.29) is 12.5 Å². The van der Waals surface area contributed by atoms with Gasteiger partial charge in [-0.25, -0.2) is 13.8 Å². The van der Waals surface area contributed by atoms with Gasteiger partial charge in [-0.05, 0) is 91.3 Å². The Morgan fingerprint density at radius 3 is 2.21 bits per heavy atom. The summed E-state index contributed by atoms with van der Waals surface area (Å²) in [5.41, 5.74) is 3.88. The van der Waals surface area contributed by atoms with Crippen molar-refractivity contribution in [1.82, 2.24) is 5.43 Å². The third-order valence-corrected chi connectivity index (χ3v) is 7.38. The first-order valence-electron chi connectivity index (χ1n) is 13.0. The second-order valence-electron chi connectivity index (χ2n) is 9.29. The summed E-state index contributed by atoms with van der Waals surface area (Å²) in [6, 6.07) is 27.9. The number of hydrogen-bond donors (Lipinski definition) is 2. The Morgan fingerprint density at radius 2 is 1.56 bits per heavy atom. The summed E-state index contributed by atoms with van der Waals surface area (Å²) in [6.45, 7) is 1.27. The quantitative estimate of drug-likeness (QED) is 0.160. The van der Waals surface area contributed by atoms with Crippen molar-refractivity contribution in [2.45, 2.75) is 13.0 Å². The summed E-state index contributed by atoms with van der Waals surface area (Å²) in [7, 11) is -3.82. The van der Waals surface area contributed by atoms with Crippen LogP contribution < -0.4 is 24.5 Å². The number of benzene rings is 4. The number of hydrogen-bond acceptors (Lipinski definition) is 7. The molecule has 0 aliphatic carbocycles. The first kappa shape index (κ1) is 31.1. The SMILES string of the molecule is C[C@@H](C(=O)N/N=C\c1ccc(OCC(=O)Nc2cccc(Cl)c2)cc1)N(c1ccc(Oc2ccccc2)cc1)S(C)(=O)=O. The minimum absolute atomic E-state index is 0.201. The molecule has 0 saturated heterocycles. The third kappa shape index (κ3) is 9.32. The highest BCUT2D eigenvalue weighted by Gasteiger charge is 2.29. The number of halogens is 1. The molecule has 2 N–H and O–H groups in total. The van der Waals surface area contributed by atoms with E-state index in [1.54, 1.807) is 84.9 Å². The van der Waals surface area contributed by atoms with Gasteiger partial charge >= 0.3 is 0 Å². The van der Waals surface area contributed by atoms with Crippen LogP contribution in [-0.2, 0) is 19.6 Å². The van der Waals surface area contributed by atoms with Gasteiger partial charge in [0.05, 0.1) is 18.2 Å². The second kappa shape index (κ2) is 14.3. The topological polar surface area (TPSA) is 126 Å². The summed E-state index contributed by atoms with van der Waals surface area (Å²) in [5.74, 6) is 0.643. The zero-order valence-electron chi connectivity index (χ0n) is 23.3. The van der Waals surface area contributed by atoms with E-state index < -0.39 is 22.0 Å². The Kier molecular flexibility index (Phi) is 10.4. The fourth-order valence-electron chi connectivity index (χ4n) is 3.92. The molecule has 0 radical (unpaired) electrons. The van der Waals surface area contributed by atoms with Gasteiger partial charge < -0.3 is 14.8 Å². The molecule has 0 saturated carbocycles. The second-order valence-corrected chi connectivity index (χ2v) is 11.6. The summed E-state index contributed by atoms with van der Waals surface area (Å²) in [5, 5.41) is 7.16. The van der Waals surface area contributed by atoms with Crippen LogP contribution in [-0.4, -0.2) is 45.4 Å². The summed E-state index contributed by atoms with van der Waals surface area (Å²) < 4.78 is 37.5. The van der Waals surface area contributed by atoms with Crippen molar-refractivity contribution in [2.75, 3.05) is 22.5 Å². The predicted octanol–water partition coefficient (Wildman–Crippen LogP) is 5.45. The number of carbonyl (C=O) groups excluding carboxylic acids is 2. The highest BCUT2D eigenvalue weighted by atomic mass is 35.5. The van der Waals surface area contributed by atoms with Gasteiger partial charge in [0.1, 0.15) is 23.3 Å². The standard InChI is InChI=1S/C31H29ClN4O6S/c1-22(36(43(2,39)40)26-13-17-29(18-14-26)42-28-9-4-3-5-10-28)31(38)35-33-20-23-11-15-27(16-12-23)41-21-30(37)34-25-8-6-7-24(32)19-25/h3-20,22H,21H2,1-2H3,(H,34,37)(H,35,38)/b33-20-/t22-/m0/s1. The zero-order chi connectivity index (χ0) is 30.8. The molecule has 4 rings (SSSR count). The predicted molar refractivity (Wildman–Crippen MR) is 167 cm³/mol. The lowest BCUT2D eigenvalue weighted by Crippen LogP contribution is -2.46. The number of para-hydroxylation sites is 1. The number of amides is 2. The van der Waals surface area contributed by atoms with Crippen molar-refractivity contribution in [1.29, 1.82) is 0 Å². The Balaban J connectivity index is 1.30. The highest BCUT2D eigenvalue weighted by Crippen LogP contribution is 2.27. The van der Waals surface area contributed by atoms with Gasteiger partial charge in [0.2, 0.25) is 10.0 Å². The molecule has 2 amide bonds. The zero-order valence-corrected chi connectivity index (χ0v) is 24.9. The molecular weight excluding hydrogens is 592 g/mol. The number of ether oxygens (including phenoxy) is 2. The largest absolute Gasteiger partial charge is 0.484 e. The average Bonchev–Trinajstić information content (AvgIpc) is 2.97. The van der Waals surface area contributed by atoms with Gasteiger partial charge in [-0.3, -0.25) is 13.9 Å². The maximum Gasteiger partial charge on any atom is 0.263 e. The van der Waals surface area contributed by atoms with Crippen LogP contribution >= 0.6 is 11.6 Å². The minimum atomic E-state index is -3.82. The lowest BCUT2D eigenvalue weighted by Gasteiger charge is -2.27. The van der Waals surface area contributed by atoms with Crippen LogP contribution in [0.4, 0.5) is 11.4 Å². The monoisotopic (exact) mass is 620 g/mol. The first-order valence-corrected chi connectivity index (χ1v) is 15.2. The van der Waals surface area contributed by atoms with Crippen LogP contribution in [0.1, 0.15) is 12.5 Å². The first-order chi connectivity index (χ1) is 20.6. The van der Waals surface area contributed by atoms with Gasteiger partial charge in [-0.2, -0.15) is 5.10 Å². The number of rotatable bonds is 12. The summed E-state index contributed by atoms with van der Waals surface area (Å²) >= 11 is 5.92. The number of anilines is 2. The van der Waals surface area contributed by atoms with Crippen molar-refractivity contribution < 1.29 is 27.5 Å². The summed E-state index contributed by atoms with van der Waals surface area (Å²) in [4.78, 5) is 25.0. The molecule has 0 heterocycles. The van der Waals surface area contributed by atoms with Crippen molar-refractivity contribution >= 4 is 51.0 Å². The maximum atomic E-state index is 12.8. The van der Waals surface area contributed by atoms with Crippen molar-refractivity contribution in [2.24, 2.45) is 5.10 Å². The van der Waals surface area contributed by atoms with E-state index >= 15 is 0 Å². The number of sulfonamides is 1. The Hall–Kier alpha value is -4.87. The molecule has 10 nitrogen and oxygen atoms in total. The molecule has 1 atom stereocenters. The molecule has 0 bridgehead atoms. The van der Waals surface area contributed by atoms with Crippen LogP contribution in [0.2, 0.25) is 5.02 Å². The summed E-state index contributed by atoms with van der Waals surface area (Å²) in [6.07, 6.45) is 2.43. The smallest absolute Gasteiger partial charge is 0.263 e. The molecule has 0 aliphatic heterocycles. The van der Waals surface area contributed by atoms with E-state index in [4.69, 9.17) is 21.1 Å². The van der Waals surface area contributed by atoms with Gasteiger partial charge in [0, 0.05) is 10.7 Å². The van der Waals surface area contributed by atoms with Gasteiger partial charge in [0.25, 0.3) is 11.8 Å². The number of hydrazone groups is 1. The van der Waals surface area contributed by atoms with E-state index in [0.29, 0.717) is 39.2 Å². The molecule has 222 valence electrons. The fourth-order valence-corrected chi connectivity index (χ4v) is 5.29. The van der Waals surface area contributed by atoms with Crippen LogP contribution in [0.15, 0.2) is 108 Å². The molecule has 0 unspecified atom stereocenters. The van der Waals surface area contributed by atoms with E-state index in [0.717, 1.165) is 10.6 Å². The van der Waals surface area contributed by atoms with Gasteiger partial charge in [0.15, 0.2) is 6.61 Å². The van der Waals surface area contributed by atoms with Crippen molar-refractivity contribution in [3.63, 3.8) is 0 Å². The fraction of sp³-hybridized carbons (Fsp3) is 0.129. The van der Waals surface area contributed by atoms with Crippen LogP contribution in [0, 0.1) is 0 Å². The number of carbonyl (C=O) groups is 2. The van der Waals surface area contributed by atoms with Crippen LogP contribution in [0.25, 0.3) is 0 Å². The van der Waals surface area contributed by atoms with E-state index in [9.17, 15) is 18.0 Å². The molecular formula is C31H29ClN4O6S. The highest BCUT2D eigenvalue weighted by molar-refractivity contribution is 7.92. The van der Waals surface area contributed by atoms with Crippen molar-refractivity contribution in [3.8, 4) is 17.2 Å². The molecule has 4 aromatic rings. The molecule has 0 aromatic heterocycles. The lowest BCUT2D eigenvalue weighted by atomic mass is 10.2. The molecule has 43 heavy (non-hydrogen) atoms. The number of nitrogens with one attached hydrogen (secondary N) is 2. The average molecular weight is 621 g/mol. The Bertz CT molecular complexity index is 1680. The molecule has 0 spiro atoms. The lowest BCUT2D eigenvalue weighted by molar-refractivity contribution is -0.121. The Labute approximate surface area is 254 Å². The van der Waals surface area contributed by atoms with Gasteiger partial charge in [-0.1, -0.05) is 35.9 Å². The van der Waals surface area contributed by atoms with Crippen molar-refractivity contribution in [3.05, 3.63) is 114 Å². The minimum Gasteiger partial charge on any atom is -0.484 e. The Morgan fingerprint density at radius 1 is 0.907 bits per heavy atom. The van der Waals surface area contributed by atoms with E-state index in [2.05, 4.69) is 15.8 Å². The van der Waals surface area contributed by atoms with Gasteiger partial charge in [-0.15, -0.1) is 0 Å². The van der Waals surface area contributed by atoms with Crippen LogP contribution in [0.3, 0.4) is 0 Å². The molecule has 12 heteroatoms. The molecule has 0 aliphatic rings. The van der Waals surface area contributed by atoms with E-state index in [1.165, 1.54) is 13.1 Å².